The summed E-state index contributed by atoms with van der Waals surface area (Å²) < 4.78 is 0. The van der Waals surface area contributed by atoms with E-state index in [1.54, 1.807) is 17.9 Å². The maximum atomic E-state index is 13.0. The lowest BCUT2D eigenvalue weighted by molar-refractivity contribution is -0.384. The molecular formula is C17H23N5O4. The van der Waals surface area contributed by atoms with E-state index in [4.69, 9.17) is 5.73 Å². The normalized spacial score (nSPS) is 21.0. The number of aryl methyl sites for hydroxylation is 1. The Morgan fingerprint density at radius 1 is 1.38 bits per heavy atom. The number of hydrogen-bond acceptors (Lipinski definition) is 6. The number of anilines is 1. The SMILES string of the molecule is Cc1cc(C(=O)N2CCCC(N3CCNCC3=O)C2)c(N)c([N+](=O)[O-])c1. The highest BCUT2D eigenvalue weighted by molar-refractivity contribution is 6.01. The molecule has 2 aliphatic rings. The molecule has 3 N–H and O–H groups in total. The Hall–Kier alpha value is -2.68. The van der Waals surface area contributed by atoms with Gasteiger partial charge in [-0.15, -0.1) is 0 Å². The van der Waals surface area contributed by atoms with E-state index in [1.807, 2.05) is 4.90 Å². The molecule has 1 aromatic rings. The number of carbonyl (C=O) groups is 2. The maximum Gasteiger partial charge on any atom is 0.293 e. The number of benzene rings is 1. The number of nitro benzene ring substituents is 1. The van der Waals surface area contributed by atoms with Crippen LogP contribution in [0.25, 0.3) is 0 Å². The van der Waals surface area contributed by atoms with Gasteiger partial charge < -0.3 is 20.9 Å². The largest absolute Gasteiger partial charge is 0.393 e. The number of nitrogens with two attached hydrogens (primary N) is 1. The van der Waals surface area contributed by atoms with Crippen LogP contribution in [0.15, 0.2) is 12.1 Å². The second-order valence-corrected chi connectivity index (χ2v) is 6.81. The second-order valence-electron chi connectivity index (χ2n) is 6.81. The van der Waals surface area contributed by atoms with E-state index in [0.29, 0.717) is 31.7 Å². The number of nitrogens with zero attached hydrogens (tertiary/aromatic N) is 3. The number of carbonyl (C=O) groups excluding carboxylic acids is 2. The minimum Gasteiger partial charge on any atom is -0.393 e. The first-order valence-electron chi connectivity index (χ1n) is 8.72. The van der Waals surface area contributed by atoms with Gasteiger partial charge in [-0.1, -0.05) is 0 Å². The zero-order chi connectivity index (χ0) is 18.8. The van der Waals surface area contributed by atoms with Gasteiger partial charge in [-0.25, -0.2) is 0 Å². The highest BCUT2D eigenvalue weighted by Crippen LogP contribution is 2.29. The Bertz CT molecular complexity index is 751. The van der Waals surface area contributed by atoms with Crippen molar-refractivity contribution < 1.29 is 14.5 Å². The summed E-state index contributed by atoms with van der Waals surface area (Å²) in [6.07, 6.45) is 1.63. The minimum atomic E-state index is -0.572. The molecule has 1 unspecified atom stereocenters. The van der Waals surface area contributed by atoms with Gasteiger partial charge in [-0.3, -0.25) is 19.7 Å². The average molecular weight is 361 g/mol. The number of rotatable bonds is 3. The summed E-state index contributed by atoms with van der Waals surface area (Å²) in [6.45, 7) is 4.36. The molecule has 0 radical (unpaired) electrons. The van der Waals surface area contributed by atoms with Crippen LogP contribution in [-0.2, 0) is 4.79 Å². The summed E-state index contributed by atoms with van der Waals surface area (Å²) in [5.41, 5.74) is 6.31. The van der Waals surface area contributed by atoms with E-state index < -0.39 is 4.92 Å². The quantitative estimate of drug-likeness (QED) is 0.460. The van der Waals surface area contributed by atoms with Gasteiger partial charge in [-0.2, -0.15) is 0 Å². The minimum absolute atomic E-state index is 0.0247. The topological polar surface area (TPSA) is 122 Å². The standard InChI is InChI=1S/C17H23N5O4/c1-11-7-13(16(18)14(8-11)22(25)26)17(24)20-5-2-3-12(10-20)21-6-4-19-9-15(21)23/h7-8,12,19H,2-6,9-10,18H2,1H3. The van der Waals surface area contributed by atoms with E-state index in [9.17, 15) is 19.7 Å². The van der Waals surface area contributed by atoms with Crippen LogP contribution in [0, 0.1) is 17.0 Å². The molecule has 1 atom stereocenters. The summed E-state index contributed by atoms with van der Waals surface area (Å²) >= 11 is 0. The Morgan fingerprint density at radius 3 is 2.85 bits per heavy atom. The summed E-state index contributed by atoms with van der Waals surface area (Å²) in [7, 11) is 0. The number of nitrogens with one attached hydrogen (secondary N) is 1. The van der Waals surface area contributed by atoms with Crippen molar-refractivity contribution in [3.8, 4) is 0 Å². The highest BCUT2D eigenvalue weighted by atomic mass is 16.6. The molecule has 2 heterocycles. The van der Waals surface area contributed by atoms with Crippen LogP contribution in [-0.4, -0.2) is 65.3 Å². The molecule has 2 aliphatic heterocycles. The predicted octanol–water partition coefficient (Wildman–Crippen LogP) is 0.522. The van der Waals surface area contributed by atoms with Crippen LogP contribution >= 0.6 is 0 Å². The summed E-state index contributed by atoms with van der Waals surface area (Å²) in [6, 6.07) is 2.93. The van der Waals surface area contributed by atoms with Crippen molar-refractivity contribution in [1.82, 2.24) is 15.1 Å². The Morgan fingerprint density at radius 2 is 2.15 bits per heavy atom. The van der Waals surface area contributed by atoms with Gasteiger partial charge in [0.2, 0.25) is 5.91 Å². The Balaban J connectivity index is 1.81. The van der Waals surface area contributed by atoms with Crippen LogP contribution in [0.1, 0.15) is 28.8 Å². The Kier molecular flexibility index (Phi) is 5.08. The summed E-state index contributed by atoms with van der Waals surface area (Å²) in [4.78, 5) is 39.2. The van der Waals surface area contributed by atoms with Gasteiger partial charge in [0.25, 0.3) is 11.6 Å². The van der Waals surface area contributed by atoms with Crippen LogP contribution in [0.5, 0.6) is 0 Å². The molecule has 1 aromatic carbocycles. The van der Waals surface area contributed by atoms with Crippen LogP contribution < -0.4 is 11.1 Å². The molecule has 9 nitrogen and oxygen atoms in total. The van der Waals surface area contributed by atoms with Crippen molar-refractivity contribution in [3.05, 3.63) is 33.4 Å². The molecule has 0 spiro atoms. The van der Waals surface area contributed by atoms with Crippen molar-refractivity contribution in [2.75, 3.05) is 38.5 Å². The molecule has 0 saturated carbocycles. The van der Waals surface area contributed by atoms with E-state index in [1.165, 1.54) is 6.07 Å². The third-order valence-corrected chi connectivity index (χ3v) is 4.98. The fourth-order valence-corrected chi connectivity index (χ4v) is 3.68. The van der Waals surface area contributed by atoms with Gasteiger partial charge in [0.1, 0.15) is 5.69 Å². The van der Waals surface area contributed by atoms with Gasteiger partial charge in [0.15, 0.2) is 0 Å². The zero-order valence-corrected chi connectivity index (χ0v) is 14.7. The third-order valence-electron chi connectivity index (χ3n) is 4.98. The maximum absolute atomic E-state index is 13.0. The van der Waals surface area contributed by atoms with Crippen molar-refractivity contribution in [1.29, 1.82) is 0 Å². The molecular weight excluding hydrogens is 338 g/mol. The van der Waals surface area contributed by atoms with Crippen LogP contribution in [0.2, 0.25) is 0 Å². The number of likely N-dealkylation sites (tertiary alicyclic amines) is 1. The van der Waals surface area contributed by atoms with Crippen molar-refractivity contribution in [3.63, 3.8) is 0 Å². The Labute approximate surface area is 151 Å². The highest BCUT2D eigenvalue weighted by Gasteiger charge is 2.33. The molecule has 2 saturated heterocycles. The first-order valence-corrected chi connectivity index (χ1v) is 8.72. The predicted molar refractivity (Wildman–Crippen MR) is 95.8 cm³/mol. The number of amides is 2. The van der Waals surface area contributed by atoms with E-state index >= 15 is 0 Å². The van der Waals surface area contributed by atoms with E-state index in [2.05, 4.69) is 5.32 Å². The lowest BCUT2D eigenvalue weighted by Crippen LogP contribution is -2.57. The van der Waals surface area contributed by atoms with Gasteiger partial charge in [0.05, 0.1) is 17.0 Å². The second kappa shape index (κ2) is 7.28. The molecule has 3 rings (SSSR count). The van der Waals surface area contributed by atoms with E-state index in [0.717, 1.165) is 19.4 Å². The summed E-state index contributed by atoms with van der Waals surface area (Å²) in [5.74, 6) is -0.275. The van der Waals surface area contributed by atoms with Crippen molar-refractivity contribution in [2.45, 2.75) is 25.8 Å². The molecule has 2 amide bonds. The molecule has 140 valence electrons. The zero-order valence-electron chi connectivity index (χ0n) is 14.7. The molecule has 0 bridgehead atoms. The number of nitro groups is 1. The summed E-state index contributed by atoms with van der Waals surface area (Å²) in [5, 5.41) is 14.2. The van der Waals surface area contributed by atoms with Gasteiger partial charge >= 0.3 is 0 Å². The van der Waals surface area contributed by atoms with Crippen molar-refractivity contribution in [2.24, 2.45) is 0 Å². The first kappa shape index (κ1) is 18.1. The number of piperidine rings is 1. The lowest BCUT2D eigenvalue weighted by atomic mass is 10.0. The van der Waals surface area contributed by atoms with Gasteiger partial charge in [-0.05, 0) is 31.4 Å². The average Bonchev–Trinajstić information content (AvgIpc) is 2.63. The fourth-order valence-electron chi connectivity index (χ4n) is 3.68. The molecule has 2 fully saturated rings. The third kappa shape index (κ3) is 3.48. The van der Waals surface area contributed by atoms with Crippen LogP contribution in [0.3, 0.4) is 0 Å². The lowest BCUT2D eigenvalue weighted by Gasteiger charge is -2.41. The monoisotopic (exact) mass is 361 g/mol. The molecule has 9 heteroatoms. The number of hydrogen-bond donors (Lipinski definition) is 2. The molecule has 26 heavy (non-hydrogen) atoms. The van der Waals surface area contributed by atoms with E-state index in [-0.39, 0.29) is 34.8 Å². The first-order chi connectivity index (χ1) is 12.4. The van der Waals surface area contributed by atoms with Crippen LogP contribution in [0.4, 0.5) is 11.4 Å². The molecule has 0 aromatic heterocycles. The number of piperazine rings is 1. The molecule has 0 aliphatic carbocycles. The number of nitrogen functional groups attached to an aromatic ring is 1. The van der Waals surface area contributed by atoms with Crippen molar-refractivity contribution >= 4 is 23.2 Å². The van der Waals surface area contributed by atoms with Gasteiger partial charge in [0, 0.05) is 38.3 Å². The smallest absolute Gasteiger partial charge is 0.293 e. The fraction of sp³-hybridized carbons (Fsp3) is 0.529.